The van der Waals surface area contributed by atoms with Crippen molar-refractivity contribution in [3.63, 3.8) is 0 Å². The molecule has 0 saturated heterocycles. The first-order valence-electron chi connectivity index (χ1n) is 9.56. The highest BCUT2D eigenvalue weighted by molar-refractivity contribution is 5.69. The molecule has 2 heteroatoms. The van der Waals surface area contributed by atoms with Crippen molar-refractivity contribution in [2.75, 3.05) is 6.61 Å². The number of esters is 1. The maximum atomic E-state index is 11.1. The van der Waals surface area contributed by atoms with Crippen LogP contribution in [0.25, 0.3) is 0 Å². The van der Waals surface area contributed by atoms with Crippen LogP contribution in [0.3, 0.4) is 0 Å². The Morgan fingerprint density at radius 1 is 0.708 bits per heavy atom. The van der Waals surface area contributed by atoms with Crippen molar-refractivity contribution >= 4 is 5.97 Å². The topological polar surface area (TPSA) is 26.3 Å². The van der Waals surface area contributed by atoms with Crippen molar-refractivity contribution < 1.29 is 9.53 Å². The summed E-state index contributed by atoms with van der Waals surface area (Å²) in [6, 6.07) is 0. The summed E-state index contributed by atoms with van der Waals surface area (Å²) in [5.41, 5.74) is 0. The van der Waals surface area contributed by atoms with Gasteiger partial charge in [-0.2, -0.15) is 0 Å². The molecule has 24 heavy (non-hydrogen) atoms. The molecule has 0 amide bonds. The summed E-state index contributed by atoms with van der Waals surface area (Å²) in [5, 5.41) is 0. The van der Waals surface area contributed by atoms with Crippen LogP contribution in [0.5, 0.6) is 0 Å². The smallest absolute Gasteiger partial charge is 0.305 e. The molecule has 0 aliphatic heterocycles. The van der Waals surface area contributed by atoms with E-state index in [9.17, 15) is 4.79 Å². The number of carbonyl (C=O) groups excluding carboxylic acids is 1. The zero-order chi connectivity index (χ0) is 17.7. The third-order valence-corrected chi connectivity index (χ3v) is 3.51. The van der Waals surface area contributed by atoms with Crippen LogP contribution in [-0.4, -0.2) is 12.6 Å². The highest BCUT2D eigenvalue weighted by Gasteiger charge is 1.99. The maximum absolute atomic E-state index is 11.1. The van der Waals surface area contributed by atoms with Gasteiger partial charge in [0.25, 0.3) is 0 Å². The summed E-state index contributed by atoms with van der Waals surface area (Å²) in [5.74, 6) is -0.0751. The number of rotatable bonds is 15. The monoisotopic (exact) mass is 332 g/mol. The van der Waals surface area contributed by atoms with Gasteiger partial charge < -0.3 is 4.74 Å². The van der Waals surface area contributed by atoms with Gasteiger partial charge in [0.2, 0.25) is 0 Å². The molecule has 0 N–H and O–H groups in total. The normalized spacial score (nSPS) is 12.2. The van der Waals surface area contributed by atoms with E-state index in [4.69, 9.17) is 4.74 Å². The number of hydrogen-bond acceptors (Lipinski definition) is 2. The molecule has 136 valence electrons. The van der Waals surface area contributed by atoms with Gasteiger partial charge in [0.15, 0.2) is 0 Å². The van der Waals surface area contributed by atoms with Gasteiger partial charge in [0.1, 0.15) is 0 Å². The van der Waals surface area contributed by atoms with Crippen LogP contribution in [0.2, 0.25) is 0 Å². The second kappa shape index (κ2) is 19.5. The van der Waals surface area contributed by atoms with Crippen LogP contribution in [0.4, 0.5) is 0 Å². The number of ether oxygens (including phenoxy) is 1. The number of hydrogen-bond donors (Lipinski definition) is 0. The van der Waals surface area contributed by atoms with E-state index in [0.717, 1.165) is 38.5 Å². The molecule has 0 fully saturated rings. The first-order chi connectivity index (χ1) is 11.8. The average Bonchev–Trinajstić information content (AvgIpc) is 2.58. The lowest BCUT2D eigenvalue weighted by atomic mass is 10.2. The molecule has 0 heterocycles. The van der Waals surface area contributed by atoms with Gasteiger partial charge >= 0.3 is 5.97 Å². The molecule has 0 bridgehead atoms. The Morgan fingerprint density at radius 2 is 1.21 bits per heavy atom. The molecule has 0 atom stereocenters. The first-order valence-corrected chi connectivity index (χ1v) is 9.56. The largest absolute Gasteiger partial charge is 0.466 e. The third-order valence-electron chi connectivity index (χ3n) is 3.51. The lowest BCUT2D eigenvalue weighted by Gasteiger charge is -1.99. The highest BCUT2D eigenvalue weighted by atomic mass is 16.5. The Hall–Kier alpha value is -1.57. The van der Waals surface area contributed by atoms with Gasteiger partial charge in [0, 0.05) is 6.42 Å². The van der Waals surface area contributed by atoms with E-state index >= 15 is 0 Å². The molecular weight excluding hydrogens is 296 g/mol. The van der Waals surface area contributed by atoms with E-state index in [1.165, 1.54) is 19.3 Å². The van der Waals surface area contributed by atoms with Gasteiger partial charge in [-0.25, -0.2) is 0 Å². The zero-order valence-electron chi connectivity index (χ0n) is 15.7. The van der Waals surface area contributed by atoms with Crippen LogP contribution >= 0.6 is 0 Å². The fourth-order valence-electron chi connectivity index (χ4n) is 2.14. The average molecular weight is 333 g/mol. The molecule has 0 saturated carbocycles. The van der Waals surface area contributed by atoms with Gasteiger partial charge in [-0.1, -0.05) is 68.4 Å². The lowest BCUT2D eigenvalue weighted by molar-refractivity contribution is -0.143. The molecule has 0 aromatic heterocycles. The predicted octanol–water partition coefficient (Wildman–Crippen LogP) is 6.70. The third kappa shape index (κ3) is 18.5. The van der Waals surface area contributed by atoms with Crippen molar-refractivity contribution in [2.45, 2.75) is 78.1 Å². The molecule has 0 aromatic carbocycles. The van der Waals surface area contributed by atoms with E-state index in [2.05, 4.69) is 55.5 Å². The van der Waals surface area contributed by atoms with Gasteiger partial charge in [0.05, 0.1) is 6.61 Å². The second-order valence-electron chi connectivity index (χ2n) is 5.79. The van der Waals surface area contributed by atoms with Crippen molar-refractivity contribution in [3.8, 4) is 0 Å². The molecule has 2 nitrogen and oxygen atoms in total. The summed E-state index contributed by atoms with van der Waals surface area (Å²) in [6.45, 7) is 4.55. The molecule has 0 aliphatic carbocycles. The van der Waals surface area contributed by atoms with Gasteiger partial charge in [-0.15, -0.1) is 0 Å². The Morgan fingerprint density at radius 3 is 1.71 bits per heavy atom. The van der Waals surface area contributed by atoms with E-state index in [1.54, 1.807) is 0 Å². The minimum absolute atomic E-state index is 0.0751. The fraction of sp³-hybridized carbons (Fsp3) is 0.591. The van der Waals surface area contributed by atoms with Gasteiger partial charge in [-0.3, -0.25) is 4.79 Å². The van der Waals surface area contributed by atoms with Crippen molar-refractivity contribution in [2.24, 2.45) is 0 Å². The van der Waals surface area contributed by atoms with Gasteiger partial charge in [-0.05, 0) is 51.9 Å². The van der Waals surface area contributed by atoms with Crippen molar-refractivity contribution in [3.05, 3.63) is 48.6 Å². The number of carbonyl (C=O) groups is 1. The quantitative estimate of drug-likeness (QED) is 0.189. The minimum atomic E-state index is -0.0751. The predicted molar refractivity (Wildman–Crippen MR) is 105 cm³/mol. The standard InChI is InChI=1S/C22H36O2/c1-3-5-6-7-8-9-10-11-12-13-14-15-16-17-18-19-20-21-22(23)24-4-2/h7-8,10-11,13-14,16-17H,3-6,9,12,15,18-21H2,1-2H3/b8-7+,11-10+,14-13+,17-16+. The minimum Gasteiger partial charge on any atom is -0.466 e. The molecule has 0 unspecified atom stereocenters. The first kappa shape index (κ1) is 22.4. The van der Waals surface area contributed by atoms with E-state index < -0.39 is 0 Å². The SMILES string of the molecule is CCCC/C=C/C/C=C/C/C=C/C/C=C/CCCCC(=O)OCC. The van der Waals surface area contributed by atoms with E-state index in [-0.39, 0.29) is 5.97 Å². The van der Waals surface area contributed by atoms with E-state index in [1.807, 2.05) is 6.92 Å². The summed E-state index contributed by atoms with van der Waals surface area (Å²) in [7, 11) is 0. The van der Waals surface area contributed by atoms with Crippen molar-refractivity contribution in [1.29, 1.82) is 0 Å². The zero-order valence-corrected chi connectivity index (χ0v) is 15.7. The number of unbranched alkanes of at least 4 members (excludes halogenated alkanes) is 4. The summed E-state index contributed by atoms with van der Waals surface area (Å²) in [6.07, 6.45) is 28.2. The van der Waals surface area contributed by atoms with Crippen LogP contribution in [0.15, 0.2) is 48.6 Å². The molecular formula is C22H36O2. The second-order valence-corrected chi connectivity index (χ2v) is 5.79. The maximum Gasteiger partial charge on any atom is 0.305 e. The Labute approximate surface area is 149 Å². The van der Waals surface area contributed by atoms with Crippen LogP contribution in [0, 0.1) is 0 Å². The fourth-order valence-corrected chi connectivity index (χ4v) is 2.14. The highest BCUT2D eigenvalue weighted by Crippen LogP contribution is 2.03. The van der Waals surface area contributed by atoms with Crippen LogP contribution in [0.1, 0.15) is 78.1 Å². The lowest BCUT2D eigenvalue weighted by Crippen LogP contribution is -2.02. The Balaban J connectivity index is 3.42. The molecule has 0 spiro atoms. The Bertz CT molecular complexity index is 389. The van der Waals surface area contributed by atoms with Crippen LogP contribution in [-0.2, 0) is 9.53 Å². The van der Waals surface area contributed by atoms with E-state index in [0.29, 0.717) is 13.0 Å². The molecule has 0 radical (unpaired) electrons. The Kier molecular flexibility index (Phi) is 18.2. The molecule has 0 aromatic rings. The van der Waals surface area contributed by atoms with Crippen LogP contribution < -0.4 is 0 Å². The summed E-state index contributed by atoms with van der Waals surface area (Å²) in [4.78, 5) is 11.1. The molecule has 0 aliphatic rings. The molecule has 0 rings (SSSR count). The summed E-state index contributed by atoms with van der Waals surface area (Å²) < 4.78 is 4.90. The van der Waals surface area contributed by atoms with Crippen molar-refractivity contribution in [1.82, 2.24) is 0 Å². The number of allylic oxidation sites excluding steroid dienone is 8. The summed E-state index contributed by atoms with van der Waals surface area (Å²) >= 11 is 0.